The largest absolute Gasteiger partial charge is 0.858 e. The van der Waals surface area contributed by atoms with E-state index in [1.807, 2.05) is 65.0 Å². The number of benzene rings is 2. The standard InChI is InChI=1S/C30H28N4O3/c1-17-8-7-9-23(14-17)33-28(35)26(27(30(33)37)32-15-19(3)12-20(4)16-32)25-22(6)31-34(29(25)36)24-11-10-18(2)13-21(24)5/h7-16H,1-6H3. The number of carbonyl (C=O) groups is 2. The molecular weight excluding hydrogens is 464 g/mol. The molecule has 0 fully saturated rings. The molecule has 186 valence electrons. The summed E-state index contributed by atoms with van der Waals surface area (Å²) in [5.41, 5.74) is 6.52. The van der Waals surface area contributed by atoms with Crippen molar-refractivity contribution in [2.45, 2.75) is 41.5 Å². The quantitative estimate of drug-likeness (QED) is 0.318. The van der Waals surface area contributed by atoms with Crippen molar-refractivity contribution in [3.05, 3.63) is 100.0 Å². The van der Waals surface area contributed by atoms with Crippen molar-refractivity contribution in [2.75, 3.05) is 4.90 Å². The molecule has 5 rings (SSSR count). The number of aromatic nitrogens is 3. The van der Waals surface area contributed by atoms with E-state index in [4.69, 9.17) is 0 Å². The summed E-state index contributed by atoms with van der Waals surface area (Å²) >= 11 is 0. The van der Waals surface area contributed by atoms with Crippen molar-refractivity contribution >= 4 is 28.8 Å². The molecule has 0 N–H and O–H groups in total. The van der Waals surface area contributed by atoms with E-state index in [1.165, 1.54) is 4.68 Å². The van der Waals surface area contributed by atoms with Gasteiger partial charge in [0.05, 0.1) is 17.1 Å². The van der Waals surface area contributed by atoms with Gasteiger partial charge in [0.2, 0.25) is 0 Å². The summed E-state index contributed by atoms with van der Waals surface area (Å²) in [5, 5.41) is 18.4. The summed E-state index contributed by atoms with van der Waals surface area (Å²) in [7, 11) is 0. The highest BCUT2D eigenvalue weighted by atomic mass is 16.3. The first-order chi connectivity index (χ1) is 17.6. The van der Waals surface area contributed by atoms with E-state index in [2.05, 4.69) is 5.10 Å². The number of nitrogens with zero attached hydrogens (tertiary/aromatic N) is 4. The van der Waals surface area contributed by atoms with E-state index in [0.717, 1.165) is 32.7 Å². The number of hydrogen-bond donors (Lipinski definition) is 0. The third-order valence-corrected chi connectivity index (χ3v) is 6.57. The molecule has 7 heteroatoms. The lowest BCUT2D eigenvalue weighted by Crippen LogP contribution is -2.40. The third kappa shape index (κ3) is 4.02. The summed E-state index contributed by atoms with van der Waals surface area (Å²) in [5.74, 6) is -1.47. The molecule has 2 aromatic carbocycles. The Labute approximate surface area is 215 Å². The maximum absolute atomic E-state index is 14.0. The van der Waals surface area contributed by atoms with Gasteiger partial charge in [0.25, 0.3) is 11.6 Å². The summed E-state index contributed by atoms with van der Waals surface area (Å²) in [6.45, 7) is 11.3. The number of rotatable bonds is 4. The molecule has 0 bridgehead atoms. The predicted molar refractivity (Wildman–Crippen MR) is 140 cm³/mol. The van der Waals surface area contributed by atoms with Crippen LogP contribution in [0.4, 0.5) is 5.69 Å². The highest BCUT2D eigenvalue weighted by Crippen LogP contribution is 2.39. The Kier molecular flexibility index (Phi) is 5.79. The second-order valence-electron chi connectivity index (χ2n) is 9.77. The number of imide groups is 1. The lowest BCUT2D eigenvalue weighted by atomic mass is 10.0. The number of amides is 2. The van der Waals surface area contributed by atoms with E-state index < -0.39 is 17.7 Å². The molecule has 4 aromatic rings. The van der Waals surface area contributed by atoms with Gasteiger partial charge in [0.1, 0.15) is 5.57 Å². The topological polar surface area (TPSA) is 82.1 Å². The van der Waals surface area contributed by atoms with Gasteiger partial charge in [0, 0.05) is 16.7 Å². The van der Waals surface area contributed by atoms with Crippen LogP contribution in [0.2, 0.25) is 0 Å². The smallest absolute Gasteiger partial charge is 0.331 e. The molecule has 0 aliphatic carbocycles. The molecule has 1 aliphatic heterocycles. The fourth-order valence-electron chi connectivity index (χ4n) is 5.02. The molecule has 2 aromatic heterocycles. The molecule has 0 spiro atoms. The Morgan fingerprint density at radius 2 is 1.46 bits per heavy atom. The first kappa shape index (κ1) is 24.2. The van der Waals surface area contributed by atoms with Gasteiger partial charge in [-0.3, -0.25) is 9.59 Å². The Bertz CT molecular complexity index is 1620. The lowest BCUT2D eigenvalue weighted by Gasteiger charge is -2.16. The van der Waals surface area contributed by atoms with Crippen LogP contribution in [0.25, 0.3) is 17.0 Å². The average Bonchev–Trinajstić information content (AvgIpc) is 3.24. The normalized spacial score (nSPS) is 13.7. The van der Waals surface area contributed by atoms with Crippen molar-refractivity contribution in [3.63, 3.8) is 0 Å². The Hall–Kier alpha value is -4.52. The SMILES string of the molecule is Cc1cccc(N2C(=O)C(c3c(C)nn(-c4ccc(C)cc4C)c3[O-])=C([n+]3cc(C)cc(C)c3)C2=O)c1. The van der Waals surface area contributed by atoms with Crippen molar-refractivity contribution in [3.8, 4) is 11.6 Å². The zero-order valence-corrected chi connectivity index (χ0v) is 21.8. The van der Waals surface area contributed by atoms with Crippen LogP contribution in [-0.2, 0) is 9.59 Å². The first-order valence-corrected chi connectivity index (χ1v) is 12.1. The molecule has 2 amide bonds. The number of aryl methyl sites for hydroxylation is 6. The minimum atomic E-state index is -0.544. The average molecular weight is 493 g/mol. The van der Waals surface area contributed by atoms with Crippen LogP contribution in [0.15, 0.2) is 60.9 Å². The van der Waals surface area contributed by atoms with Gasteiger partial charge < -0.3 is 5.11 Å². The number of carbonyl (C=O) groups excluding carboxylic acids is 2. The second kappa shape index (κ2) is 8.85. The van der Waals surface area contributed by atoms with Crippen LogP contribution < -0.4 is 14.6 Å². The van der Waals surface area contributed by atoms with Crippen molar-refractivity contribution < 1.29 is 19.3 Å². The third-order valence-electron chi connectivity index (χ3n) is 6.57. The van der Waals surface area contributed by atoms with Gasteiger partial charge in [-0.05, 0) is 82.8 Å². The number of pyridine rings is 1. The van der Waals surface area contributed by atoms with Crippen LogP contribution in [0, 0.1) is 41.5 Å². The first-order valence-electron chi connectivity index (χ1n) is 12.1. The van der Waals surface area contributed by atoms with Gasteiger partial charge in [0.15, 0.2) is 12.4 Å². The summed E-state index contributed by atoms with van der Waals surface area (Å²) < 4.78 is 2.98. The maximum atomic E-state index is 14.0. The molecule has 0 saturated heterocycles. The summed E-state index contributed by atoms with van der Waals surface area (Å²) in [4.78, 5) is 29.1. The van der Waals surface area contributed by atoms with Crippen molar-refractivity contribution in [2.24, 2.45) is 0 Å². The van der Waals surface area contributed by atoms with Crippen LogP contribution >= 0.6 is 0 Å². The number of hydrogen-bond acceptors (Lipinski definition) is 4. The Morgan fingerprint density at radius 3 is 2.11 bits per heavy atom. The number of anilines is 1. The molecule has 3 heterocycles. The van der Waals surface area contributed by atoms with E-state index in [0.29, 0.717) is 17.1 Å². The Morgan fingerprint density at radius 1 is 0.784 bits per heavy atom. The van der Waals surface area contributed by atoms with Gasteiger partial charge in [-0.1, -0.05) is 29.8 Å². The van der Waals surface area contributed by atoms with Gasteiger partial charge in [-0.15, -0.1) is 0 Å². The predicted octanol–water partition coefficient (Wildman–Crippen LogP) is 4.03. The summed E-state index contributed by atoms with van der Waals surface area (Å²) in [6, 6.07) is 14.9. The van der Waals surface area contributed by atoms with Crippen LogP contribution in [0.5, 0.6) is 5.88 Å². The minimum Gasteiger partial charge on any atom is -0.858 e. The second-order valence-corrected chi connectivity index (χ2v) is 9.77. The summed E-state index contributed by atoms with van der Waals surface area (Å²) in [6.07, 6.45) is 3.59. The van der Waals surface area contributed by atoms with Gasteiger partial charge in [-0.25, -0.2) is 9.58 Å². The molecule has 0 radical (unpaired) electrons. The minimum absolute atomic E-state index is 0.0556. The molecule has 0 saturated carbocycles. The van der Waals surface area contributed by atoms with E-state index in [-0.39, 0.29) is 16.8 Å². The van der Waals surface area contributed by atoms with Crippen LogP contribution in [0.1, 0.15) is 39.1 Å². The van der Waals surface area contributed by atoms with E-state index >= 15 is 0 Å². The molecule has 0 unspecified atom stereocenters. The monoisotopic (exact) mass is 492 g/mol. The highest BCUT2D eigenvalue weighted by molar-refractivity contribution is 6.53. The highest BCUT2D eigenvalue weighted by Gasteiger charge is 2.47. The van der Waals surface area contributed by atoms with Crippen molar-refractivity contribution in [1.82, 2.24) is 9.78 Å². The Balaban J connectivity index is 1.78. The molecule has 1 aliphatic rings. The van der Waals surface area contributed by atoms with E-state index in [1.54, 1.807) is 42.1 Å². The van der Waals surface area contributed by atoms with Crippen molar-refractivity contribution in [1.29, 1.82) is 0 Å². The van der Waals surface area contributed by atoms with E-state index in [9.17, 15) is 14.7 Å². The van der Waals surface area contributed by atoms with Crippen LogP contribution in [0.3, 0.4) is 0 Å². The zero-order valence-electron chi connectivity index (χ0n) is 21.8. The molecule has 0 atom stereocenters. The zero-order chi connectivity index (χ0) is 26.6. The van der Waals surface area contributed by atoms with Gasteiger partial charge in [-0.2, -0.15) is 9.67 Å². The fraction of sp³-hybridized carbons (Fsp3) is 0.200. The molecule has 7 nitrogen and oxygen atoms in total. The maximum Gasteiger partial charge on any atom is 0.331 e. The lowest BCUT2D eigenvalue weighted by molar-refractivity contribution is -0.577. The van der Waals surface area contributed by atoms with Crippen LogP contribution in [-0.4, -0.2) is 21.6 Å². The molecule has 37 heavy (non-hydrogen) atoms. The molecular formula is C30H28N4O3. The van der Waals surface area contributed by atoms with Gasteiger partial charge >= 0.3 is 5.91 Å². The fourth-order valence-corrected chi connectivity index (χ4v) is 5.02.